The summed E-state index contributed by atoms with van der Waals surface area (Å²) in [5.74, 6) is 0. The second-order valence-electron chi connectivity index (χ2n) is 7.16. The van der Waals surface area contributed by atoms with Crippen LogP contribution >= 0.6 is 23.2 Å². The third-order valence-corrected chi connectivity index (χ3v) is 6.05. The molecule has 0 saturated carbocycles. The lowest BCUT2D eigenvalue weighted by Gasteiger charge is -2.33. The van der Waals surface area contributed by atoms with Crippen LogP contribution < -0.4 is 0 Å². The third kappa shape index (κ3) is 2.81. The predicted molar refractivity (Wildman–Crippen MR) is 120 cm³/mol. The molecular weight excluding hydrogens is 427 g/mol. The van der Waals surface area contributed by atoms with Crippen LogP contribution in [0.1, 0.15) is 27.8 Å². The largest absolute Gasteiger partial charge is 0.238 e. The molecule has 4 aromatic rings. The molecule has 0 saturated heterocycles. The van der Waals surface area contributed by atoms with Crippen molar-refractivity contribution >= 4 is 28.9 Å². The van der Waals surface area contributed by atoms with Crippen LogP contribution in [-0.4, -0.2) is 9.97 Å². The first kappa shape index (κ1) is 19.3. The molecule has 0 fully saturated rings. The highest BCUT2D eigenvalue weighted by Gasteiger charge is 2.48. The van der Waals surface area contributed by atoms with Crippen molar-refractivity contribution in [2.45, 2.75) is 5.41 Å². The number of nitrogens with zero attached hydrogens (tertiary/aromatic N) is 4. The van der Waals surface area contributed by atoms with Crippen molar-refractivity contribution in [1.29, 1.82) is 5.26 Å². The molecule has 1 aliphatic carbocycles. The van der Waals surface area contributed by atoms with Crippen molar-refractivity contribution in [2.24, 2.45) is 0 Å². The summed E-state index contributed by atoms with van der Waals surface area (Å²) in [6.45, 7) is 7.31. The number of hydrogen-bond acceptors (Lipinski definition) is 3. The van der Waals surface area contributed by atoms with Gasteiger partial charge in [0, 0.05) is 0 Å². The smallest absolute Gasteiger partial charge is 0.187 e. The summed E-state index contributed by atoms with van der Waals surface area (Å²) in [5, 5.41) is 10.0. The average Bonchev–Trinajstić information content (AvgIpc) is 3.09. The van der Waals surface area contributed by atoms with Gasteiger partial charge in [0.25, 0.3) is 0 Å². The molecule has 2 aromatic heterocycles. The summed E-state index contributed by atoms with van der Waals surface area (Å²) in [7, 11) is 0. The molecule has 146 valence electrons. The van der Waals surface area contributed by atoms with Crippen LogP contribution in [0.25, 0.3) is 16.2 Å². The van der Waals surface area contributed by atoms with Crippen molar-refractivity contribution in [3.8, 4) is 17.5 Å². The Kier molecular flexibility index (Phi) is 4.49. The van der Waals surface area contributed by atoms with Crippen molar-refractivity contribution in [3.05, 3.63) is 122 Å². The number of halogens is 2. The molecule has 6 heteroatoms. The molecule has 0 amide bonds. The first-order valence-electron chi connectivity index (χ1n) is 9.41. The zero-order valence-corrected chi connectivity index (χ0v) is 17.5. The van der Waals surface area contributed by atoms with Crippen molar-refractivity contribution < 1.29 is 0 Å². The Morgan fingerprint density at radius 1 is 0.742 bits per heavy atom. The molecule has 0 radical (unpaired) electrons. The monoisotopic (exact) mass is 438 g/mol. The lowest BCUT2D eigenvalue weighted by Crippen LogP contribution is -2.28. The number of rotatable bonds is 2. The Morgan fingerprint density at radius 3 is 1.68 bits per heavy atom. The molecule has 0 atom stereocenters. The summed E-state index contributed by atoms with van der Waals surface area (Å²) in [6.07, 6.45) is 0. The molecule has 0 aliphatic heterocycles. The molecule has 2 aromatic carbocycles. The fraction of sp³-hybridized carbons (Fsp3) is 0.0400. The fourth-order valence-electron chi connectivity index (χ4n) is 4.35. The third-order valence-electron chi connectivity index (χ3n) is 5.63. The summed E-state index contributed by atoms with van der Waals surface area (Å²) >= 11 is 12.5. The van der Waals surface area contributed by atoms with E-state index in [4.69, 9.17) is 29.8 Å². The lowest BCUT2D eigenvalue weighted by molar-refractivity contribution is 0.764. The maximum absolute atomic E-state index is 9.28. The zero-order valence-electron chi connectivity index (χ0n) is 16.0. The van der Waals surface area contributed by atoms with Gasteiger partial charge in [0.05, 0.1) is 35.0 Å². The molecular formula is C25H12Cl2N4. The Morgan fingerprint density at radius 2 is 1.23 bits per heavy atom. The summed E-state index contributed by atoms with van der Waals surface area (Å²) in [5.41, 5.74) is 5.48. The standard InChI is InChI=1S/C25H12Cl2N4/c1-29-18-8-6-17(7-9-18)25(16-4-2-15(14-28)3-5-16)19-10-12-21(26)30-23(19)24-20(25)11-13-22(27)31-24/h2-13H. The second kappa shape index (κ2) is 7.22. The van der Waals surface area contributed by atoms with Crippen LogP contribution in [-0.2, 0) is 5.41 Å². The maximum atomic E-state index is 9.28. The van der Waals surface area contributed by atoms with E-state index in [-0.39, 0.29) is 0 Å². The Hall–Kier alpha value is -3.70. The van der Waals surface area contributed by atoms with Gasteiger partial charge < -0.3 is 0 Å². The molecule has 5 rings (SSSR count). The molecule has 31 heavy (non-hydrogen) atoms. The predicted octanol–water partition coefficient (Wildman–Crippen LogP) is 6.57. The van der Waals surface area contributed by atoms with Crippen molar-refractivity contribution in [2.75, 3.05) is 0 Å². The number of fused-ring (bicyclic) bond motifs is 3. The van der Waals surface area contributed by atoms with E-state index in [1.54, 1.807) is 36.4 Å². The normalized spacial score (nSPS) is 13.0. The van der Waals surface area contributed by atoms with E-state index < -0.39 is 5.41 Å². The molecule has 4 nitrogen and oxygen atoms in total. The highest BCUT2D eigenvalue weighted by Crippen LogP contribution is 2.55. The van der Waals surface area contributed by atoms with Crippen LogP contribution in [0.3, 0.4) is 0 Å². The van der Waals surface area contributed by atoms with Crippen LogP contribution in [0.5, 0.6) is 0 Å². The van der Waals surface area contributed by atoms with Gasteiger partial charge in [-0.3, -0.25) is 0 Å². The second-order valence-corrected chi connectivity index (χ2v) is 7.93. The van der Waals surface area contributed by atoms with Gasteiger partial charge in [-0.05, 0) is 46.5 Å². The number of hydrogen-bond donors (Lipinski definition) is 0. The maximum Gasteiger partial charge on any atom is 0.187 e. The summed E-state index contributed by atoms with van der Waals surface area (Å²) < 4.78 is 0. The minimum atomic E-state index is -0.742. The summed E-state index contributed by atoms with van der Waals surface area (Å²) in [6, 6.07) is 24.6. The number of pyridine rings is 2. The highest BCUT2D eigenvalue weighted by atomic mass is 35.5. The van der Waals surface area contributed by atoms with E-state index in [0.717, 1.165) is 22.3 Å². The van der Waals surface area contributed by atoms with Crippen molar-refractivity contribution in [3.63, 3.8) is 0 Å². The summed E-state index contributed by atoms with van der Waals surface area (Å²) in [4.78, 5) is 12.7. The quantitative estimate of drug-likeness (QED) is 0.231. The van der Waals surface area contributed by atoms with Gasteiger partial charge in [-0.2, -0.15) is 5.26 Å². The molecule has 0 N–H and O–H groups in total. The molecule has 2 heterocycles. The van der Waals surface area contributed by atoms with Crippen molar-refractivity contribution in [1.82, 2.24) is 9.97 Å². The van der Waals surface area contributed by atoms with Gasteiger partial charge in [-0.25, -0.2) is 14.8 Å². The number of nitriles is 1. The Balaban J connectivity index is 1.93. The van der Waals surface area contributed by atoms with E-state index in [0.29, 0.717) is 32.9 Å². The number of aromatic nitrogens is 2. The highest BCUT2D eigenvalue weighted by molar-refractivity contribution is 6.30. The van der Waals surface area contributed by atoms with E-state index in [2.05, 4.69) is 20.9 Å². The van der Waals surface area contributed by atoms with Crippen LogP contribution in [0.4, 0.5) is 5.69 Å². The minimum absolute atomic E-state index is 0.366. The fourth-order valence-corrected chi connectivity index (χ4v) is 4.65. The van der Waals surface area contributed by atoms with Gasteiger partial charge in [0.2, 0.25) is 0 Å². The van der Waals surface area contributed by atoms with E-state index >= 15 is 0 Å². The number of benzene rings is 2. The SMILES string of the molecule is [C-]#[N+]c1ccc(C2(c3ccc(C#N)cc3)c3ccc(Cl)nc3-c3nc(Cl)ccc32)cc1. The van der Waals surface area contributed by atoms with Gasteiger partial charge in [0.1, 0.15) is 10.3 Å². The van der Waals surface area contributed by atoms with Crippen LogP contribution in [0.2, 0.25) is 10.3 Å². The molecule has 1 aliphatic rings. The first-order valence-corrected chi connectivity index (χ1v) is 10.2. The molecule has 0 bridgehead atoms. The lowest BCUT2D eigenvalue weighted by atomic mass is 9.68. The average molecular weight is 439 g/mol. The van der Waals surface area contributed by atoms with Gasteiger partial charge in [0.15, 0.2) is 5.69 Å². The van der Waals surface area contributed by atoms with Gasteiger partial charge >= 0.3 is 0 Å². The topological polar surface area (TPSA) is 53.9 Å². The van der Waals surface area contributed by atoms with Gasteiger partial charge in [-0.15, -0.1) is 0 Å². The van der Waals surface area contributed by atoms with E-state index in [9.17, 15) is 5.26 Å². The Labute approximate surface area is 189 Å². The van der Waals surface area contributed by atoms with E-state index in [1.165, 1.54) is 0 Å². The molecule has 0 unspecified atom stereocenters. The van der Waals surface area contributed by atoms with E-state index in [1.807, 2.05) is 36.4 Å². The minimum Gasteiger partial charge on any atom is -0.238 e. The van der Waals surface area contributed by atoms with Crippen LogP contribution in [0, 0.1) is 17.9 Å². The zero-order chi connectivity index (χ0) is 21.6. The Bertz CT molecular complexity index is 1300. The first-order chi connectivity index (χ1) is 15.1. The van der Waals surface area contributed by atoms with Gasteiger partial charge in [-0.1, -0.05) is 71.7 Å². The van der Waals surface area contributed by atoms with Crippen LogP contribution in [0.15, 0.2) is 72.8 Å². The molecule has 0 spiro atoms.